The lowest BCUT2D eigenvalue weighted by molar-refractivity contribution is -0.182. The first-order valence-electron chi connectivity index (χ1n) is 36.7. The topological polar surface area (TPSA) is 270 Å². The van der Waals surface area contributed by atoms with Crippen LogP contribution in [-0.4, -0.2) is 261 Å². The molecule has 12 amide bonds. The number of rotatable bonds is 12. The molecule has 1 spiro atoms. The number of carbonyl (C=O) groups excluding carboxylic acids is 12. The number of alkyl halides is 4. The first kappa shape index (κ1) is 80.0. The lowest BCUT2D eigenvalue weighted by Crippen LogP contribution is -2.65. The first-order valence-corrected chi connectivity index (χ1v) is 37.1. The van der Waals surface area contributed by atoms with Crippen molar-refractivity contribution in [1.29, 1.82) is 0 Å². The van der Waals surface area contributed by atoms with Crippen LogP contribution in [0.3, 0.4) is 0 Å². The van der Waals surface area contributed by atoms with Gasteiger partial charge in [0.1, 0.15) is 59.9 Å². The maximum atomic E-state index is 15.5. The average Bonchev–Trinajstić information content (AvgIpc) is 1.74. The summed E-state index contributed by atoms with van der Waals surface area (Å²) >= 11 is 6.40. The summed E-state index contributed by atoms with van der Waals surface area (Å²) in [6.07, 6.45) is 3.43. The monoisotopic (exact) mass is 1420 g/mol. The third kappa shape index (κ3) is 18.7. The Morgan fingerprint density at radius 3 is 1.80 bits per heavy atom. The summed E-state index contributed by atoms with van der Waals surface area (Å²) in [5, 5.41) is 7.61. The molecule has 14 atom stereocenters. The Kier molecular flexibility index (Phi) is 28.0. The van der Waals surface area contributed by atoms with E-state index in [1.807, 2.05) is 27.7 Å². The van der Waals surface area contributed by atoms with E-state index in [0.717, 1.165) is 32.1 Å². The van der Waals surface area contributed by atoms with Crippen molar-refractivity contribution in [1.82, 2.24) is 60.0 Å². The summed E-state index contributed by atoms with van der Waals surface area (Å²) in [6, 6.07) is -10.8. The van der Waals surface area contributed by atoms with Crippen LogP contribution in [0.15, 0.2) is 0 Å². The Labute approximate surface area is 588 Å². The predicted molar refractivity (Wildman–Crippen MR) is 365 cm³/mol. The summed E-state index contributed by atoms with van der Waals surface area (Å²) in [6.45, 7) is 12.9. The van der Waals surface area contributed by atoms with E-state index >= 15 is 19.2 Å². The van der Waals surface area contributed by atoms with Crippen LogP contribution in [0.5, 0.6) is 0 Å². The minimum atomic E-state index is -4.51. The molecule has 28 heteroatoms. The van der Waals surface area contributed by atoms with E-state index in [2.05, 4.69) is 16.0 Å². The fourth-order valence-electron chi connectivity index (χ4n) is 16.0. The minimum Gasteiger partial charge on any atom is -0.343 e. The third-order valence-electron chi connectivity index (χ3n) is 23.3. The van der Waals surface area contributed by atoms with Gasteiger partial charge in [0.25, 0.3) is 0 Å². The quantitative estimate of drug-likeness (QED) is 0.199. The SMILES string of the molecule is CC[C@H](C)[C@@H]1NC(=O)[C@H](CC(C)C)N(C)C(=O)C[C@@H](C(=O)N2CCC2)N(C)C(=O)[C@H]([C@@H](C)CC)N(C)C(=O)C2(CCCC2)NC(=O)[C@@H]2CCCN2C(=O)[C@H](CCC2CCC(C(F)(F)F)C(Cl)C2)NC(=O)CN(C)C(=O)[C@H](CC2CCCCC2)N(C)C(=O)[C@@H]2CCN2C(=O)[C@H](C)N(C)C1=O. The fourth-order valence-corrected chi connectivity index (χ4v) is 16.5. The molecule has 7 fully saturated rings. The van der Waals surface area contributed by atoms with E-state index < -0.39 is 173 Å². The number of amides is 12. The molecule has 4 heterocycles. The van der Waals surface area contributed by atoms with Crippen LogP contribution in [0.2, 0.25) is 0 Å². The van der Waals surface area contributed by atoms with E-state index in [1.165, 1.54) is 88.4 Å². The summed E-state index contributed by atoms with van der Waals surface area (Å²) < 4.78 is 42.0. The number of likely N-dealkylation sites (N-methyl/N-ethyl adjacent to an activating group) is 6. The second kappa shape index (κ2) is 34.6. The molecule has 0 radical (unpaired) electrons. The van der Waals surface area contributed by atoms with Crippen molar-refractivity contribution >= 4 is 82.5 Å². The standard InChI is InChI=1S/C71H114ClF3N12O12/c1-14-43(5)58-67(97)80(9)45(7)62(92)87-36-30-52(87)65(95)82(11)54(39-46-23-17-16-18-24-46)64(94)79(8)41-56(88)76-50(29-27-47-26-28-48(49(72)38-47)71(73,74)75)63(93)86-35-21-25-51(86)61(91)78-70(31-19-20-32-70)69(99)84(13)59(44(6)15-2)68(98)83(12)55(66(96)85-33-22-34-85)40-57(89)81(10)53(37-42(3)4)60(90)77-58/h42-55,58-59H,14-41H2,1-13H3,(H,76,88)(H,77,90)(H,78,91)/t43-,44-,45-,47?,48?,49?,50-,51-,52-,53-,54-,55-,58-,59-/m0/s1. The molecule has 3 unspecified atom stereocenters. The van der Waals surface area contributed by atoms with E-state index in [1.54, 1.807) is 18.7 Å². The summed E-state index contributed by atoms with van der Waals surface area (Å²) in [4.78, 5) is 191. The van der Waals surface area contributed by atoms with Gasteiger partial charge in [0, 0.05) is 73.8 Å². The molecule has 24 nitrogen and oxygen atoms in total. The predicted octanol–water partition coefficient (Wildman–Crippen LogP) is 5.70. The van der Waals surface area contributed by atoms with Gasteiger partial charge < -0.3 is 60.0 Å². The Bertz CT molecular complexity index is 2930. The van der Waals surface area contributed by atoms with Crippen molar-refractivity contribution in [2.45, 2.75) is 268 Å². The van der Waals surface area contributed by atoms with E-state index in [9.17, 15) is 51.5 Å². The summed E-state index contributed by atoms with van der Waals surface area (Å²) in [5.74, 6) is -10.6. The number of nitrogens with one attached hydrogen (secondary N) is 3. The van der Waals surface area contributed by atoms with Gasteiger partial charge in [-0.2, -0.15) is 13.2 Å². The Balaban J connectivity index is 1.27. The zero-order valence-electron chi connectivity index (χ0n) is 61.0. The molecule has 3 saturated carbocycles. The van der Waals surface area contributed by atoms with Crippen LogP contribution >= 0.6 is 11.6 Å². The van der Waals surface area contributed by atoms with Gasteiger partial charge in [0.05, 0.1) is 18.9 Å². The van der Waals surface area contributed by atoms with Crippen LogP contribution in [-0.2, 0) is 57.5 Å². The van der Waals surface area contributed by atoms with E-state index in [-0.39, 0.29) is 101 Å². The van der Waals surface area contributed by atoms with Crippen LogP contribution in [0.4, 0.5) is 13.2 Å². The van der Waals surface area contributed by atoms with Gasteiger partial charge in [-0.3, -0.25) is 57.5 Å². The van der Waals surface area contributed by atoms with E-state index in [0.29, 0.717) is 51.6 Å². The number of hydrogen-bond donors (Lipinski definition) is 3. The average molecular weight is 1420 g/mol. The van der Waals surface area contributed by atoms with Gasteiger partial charge in [0.15, 0.2) is 0 Å². The van der Waals surface area contributed by atoms with Gasteiger partial charge in [-0.1, -0.05) is 99.3 Å². The molecule has 4 saturated heterocycles. The zero-order chi connectivity index (χ0) is 73.3. The molecule has 0 aromatic heterocycles. The van der Waals surface area contributed by atoms with Crippen molar-refractivity contribution in [3.8, 4) is 0 Å². The molecule has 3 N–H and O–H groups in total. The maximum absolute atomic E-state index is 15.5. The van der Waals surface area contributed by atoms with Gasteiger partial charge in [-0.15, -0.1) is 11.6 Å². The molecular weight excluding hydrogens is 1310 g/mol. The van der Waals surface area contributed by atoms with Gasteiger partial charge >= 0.3 is 6.18 Å². The molecule has 0 aromatic carbocycles. The number of halogens is 4. The third-order valence-corrected chi connectivity index (χ3v) is 23.8. The molecule has 3 aliphatic carbocycles. The Morgan fingerprint density at radius 2 is 1.23 bits per heavy atom. The summed E-state index contributed by atoms with van der Waals surface area (Å²) in [7, 11) is 8.67. The molecule has 4 aliphatic heterocycles. The largest absolute Gasteiger partial charge is 0.393 e. The van der Waals surface area contributed by atoms with Gasteiger partial charge in [-0.05, 0) is 120 Å². The van der Waals surface area contributed by atoms with Crippen molar-refractivity contribution in [2.75, 3.05) is 75.0 Å². The fraction of sp³-hybridized carbons (Fsp3) is 0.831. The number of carbonyl (C=O) groups is 12. The molecule has 558 valence electrons. The van der Waals surface area contributed by atoms with Crippen LogP contribution < -0.4 is 16.0 Å². The highest BCUT2D eigenvalue weighted by Crippen LogP contribution is 2.44. The van der Waals surface area contributed by atoms with Gasteiger partial charge in [-0.25, -0.2) is 0 Å². The number of likely N-dealkylation sites (tertiary alicyclic amines) is 1. The molecule has 7 rings (SSSR count). The Morgan fingerprint density at radius 1 is 0.596 bits per heavy atom. The number of hydrogen-bond acceptors (Lipinski definition) is 12. The minimum absolute atomic E-state index is 0.00127. The number of nitrogens with zero attached hydrogens (tertiary/aromatic N) is 9. The second-order valence-electron chi connectivity index (χ2n) is 30.5. The maximum Gasteiger partial charge on any atom is 0.393 e. The van der Waals surface area contributed by atoms with Crippen molar-refractivity contribution < 1.29 is 70.7 Å². The normalized spacial score (nSPS) is 31.2. The van der Waals surface area contributed by atoms with Crippen molar-refractivity contribution in [3.05, 3.63) is 0 Å². The molecule has 0 bridgehead atoms. The second-order valence-corrected chi connectivity index (χ2v) is 31.0. The molecule has 7 aliphatic rings. The number of fused-ring (bicyclic) bond motifs is 2. The highest BCUT2D eigenvalue weighted by Gasteiger charge is 2.53. The van der Waals surface area contributed by atoms with Crippen LogP contribution in [0, 0.1) is 35.5 Å². The first-order chi connectivity index (χ1) is 46.6. The van der Waals surface area contributed by atoms with Crippen LogP contribution in [0.25, 0.3) is 0 Å². The Hall–Kier alpha value is -6.28. The molecule has 99 heavy (non-hydrogen) atoms. The van der Waals surface area contributed by atoms with E-state index in [4.69, 9.17) is 11.6 Å². The molecule has 0 aromatic rings. The summed E-state index contributed by atoms with van der Waals surface area (Å²) in [5.41, 5.74) is -1.56. The van der Waals surface area contributed by atoms with Crippen molar-refractivity contribution in [3.63, 3.8) is 0 Å². The lowest BCUT2D eigenvalue weighted by Gasteiger charge is -2.45. The zero-order valence-corrected chi connectivity index (χ0v) is 61.7. The van der Waals surface area contributed by atoms with Crippen molar-refractivity contribution in [2.24, 2.45) is 35.5 Å². The lowest BCUT2D eigenvalue weighted by atomic mass is 9.78. The smallest absolute Gasteiger partial charge is 0.343 e. The highest BCUT2D eigenvalue weighted by molar-refractivity contribution is 6.21. The van der Waals surface area contributed by atoms with Gasteiger partial charge in [0.2, 0.25) is 70.9 Å². The van der Waals surface area contributed by atoms with Crippen LogP contribution in [0.1, 0.15) is 196 Å². The molecular formula is C71H114ClF3N12O12. The highest BCUT2D eigenvalue weighted by atomic mass is 35.5.